The summed E-state index contributed by atoms with van der Waals surface area (Å²) in [6.45, 7) is 5.22. The van der Waals surface area contributed by atoms with E-state index in [2.05, 4.69) is 10.2 Å². The first-order valence-corrected chi connectivity index (χ1v) is 7.29. The molecule has 1 aliphatic heterocycles. The van der Waals surface area contributed by atoms with Crippen molar-refractivity contribution in [3.63, 3.8) is 0 Å². The van der Waals surface area contributed by atoms with Crippen molar-refractivity contribution < 1.29 is 15.0 Å². The fourth-order valence-electron chi connectivity index (χ4n) is 2.45. The Labute approximate surface area is 115 Å². The first-order valence-electron chi connectivity index (χ1n) is 7.29. The summed E-state index contributed by atoms with van der Waals surface area (Å²) in [5.41, 5.74) is -1.09. The number of nitrogens with zero attached hydrogens (tertiary/aromatic N) is 1. The zero-order valence-electron chi connectivity index (χ0n) is 11.9. The average molecular weight is 270 g/mol. The molecule has 1 amide bonds. The van der Waals surface area contributed by atoms with Crippen LogP contribution >= 0.6 is 0 Å². The Bertz CT molecular complexity index is 323. The summed E-state index contributed by atoms with van der Waals surface area (Å²) in [6.07, 6.45) is 3.34. The SMILES string of the molecule is CC(C)(O)C(O)CN1CCCC(C(=O)NC2CC2)C1. The number of carbonyl (C=O) groups is 1. The molecule has 1 heterocycles. The van der Waals surface area contributed by atoms with Gasteiger partial charge in [0.1, 0.15) is 0 Å². The zero-order chi connectivity index (χ0) is 14.0. The molecule has 1 saturated carbocycles. The molecule has 1 aliphatic carbocycles. The van der Waals surface area contributed by atoms with Gasteiger partial charge in [-0.25, -0.2) is 0 Å². The first kappa shape index (κ1) is 14.8. The van der Waals surface area contributed by atoms with Crippen molar-refractivity contribution in [2.45, 2.75) is 57.3 Å². The van der Waals surface area contributed by atoms with Gasteiger partial charge in [0.15, 0.2) is 0 Å². The summed E-state index contributed by atoms with van der Waals surface area (Å²) in [5, 5.41) is 22.7. The van der Waals surface area contributed by atoms with Gasteiger partial charge in [-0.3, -0.25) is 9.69 Å². The molecule has 0 radical (unpaired) electrons. The molecule has 1 saturated heterocycles. The van der Waals surface area contributed by atoms with Gasteiger partial charge < -0.3 is 15.5 Å². The predicted molar refractivity (Wildman–Crippen MR) is 72.6 cm³/mol. The molecule has 2 fully saturated rings. The van der Waals surface area contributed by atoms with Crippen LogP contribution in [0.2, 0.25) is 0 Å². The number of nitrogens with one attached hydrogen (secondary N) is 1. The Morgan fingerprint density at radius 3 is 2.68 bits per heavy atom. The minimum Gasteiger partial charge on any atom is -0.389 e. The number of carbonyl (C=O) groups excluding carboxylic acids is 1. The molecule has 110 valence electrons. The van der Waals surface area contributed by atoms with Gasteiger partial charge in [-0.1, -0.05) is 0 Å². The Kier molecular flexibility index (Phi) is 4.48. The molecule has 0 bridgehead atoms. The van der Waals surface area contributed by atoms with Crippen LogP contribution in [0.4, 0.5) is 0 Å². The van der Waals surface area contributed by atoms with E-state index in [-0.39, 0.29) is 11.8 Å². The molecule has 0 aromatic rings. The van der Waals surface area contributed by atoms with Crippen LogP contribution in [0, 0.1) is 5.92 Å². The van der Waals surface area contributed by atoms with E-state index >= 15 is 0 Å². The largest absolute Gasteiger partial charge is 0.389 e. The molecule has 5 nitrogen and oxygen atoms in total. The molecular formula is C14H26N2O3. The number of β-amino-alcohol motifs (C(OH)–C–C–N with tert-alkyl or cyclic N) is 1. The standard InChI is InChI=1S/C14H26N2O3/c1-14(2,19)12(17)9-16-7-3-4-10(8-16)13(18)15-11-5-6-11/h10-12,17,19H,3-9H2,1-2H3,(H,15,18). The Balaban J connectivity index is 1.81. The van der Waals surface area contributed by atoms with E-state index in [1.54, 1.807) is 13.8 Å². The van der Waals surface area contributed by atoms with Crippen LogP contribution in [0.1, 0.15) is 39.5 Å². The second-order valence-corrected chi connectivity index (χ2v) is 6.55. The number of aliphatic hydroxyl groups excluding tert-OH is 1. The van der Waals surface area contributed by atoms with Crippen LogP contribution in [0.25, 0.3) is 0 Å². The van der Waals surface area contributed by atoms with Gasteiger partial charge in [0.2, 0.25) is 5.91 Å². The highest BCUT2D eigenvalue weighted by molar-refractivity contribution is 5.79. The Hall–Kier alpha value is -0.650. The number of piperidine rings is 1. The monoisotopic (exact) mass is 270 g/mol. The Morgan fingerprint density at radius 2 is 2.11 bits per heavy atom. The lowest BCUT2D eigenvalue weighted by Crippen LogP contribution is -2.50. The third-order valence-corrected chi connectivity index (χ3v) is 4.05. The highest BCUT2D eigenvalue weighted by Crippen LogP contribution is 2.22. The molecule has 2 unspecified atom stereocenters. The number of aliphatic hydroxyl groups is 2. The van der Waals surface area contributed by atoms with Gasteiger partial charge in [0, 0.05) is 19.1 Å². The number of amides is 1. The third kappa shape index (κ3) is 4.44. The number of likely N-dealkylation sites (tertiary alicyclic amines) is 1. The average Bonchev–Trinajstić information content (AvgIpc) is 3.12. The normalized spacial score (nSPS) is 27.1. The van der Waals surface area contributed by atoms with Crippen molar-refractivity contribution in [1.29, 1.82) is 0 Å². The fourth-order valence-corrected chi connectivity index (χ4v) is 2.45. The van der Waals surface area contributed by atoms with Crippen LogP contribution in [0.3, 0.4) is 0 Å². The topological polar surface area (TPSA) is 72.8 Å². The number of hydrogen-bond donors (Lipinski definition) is 3. The Morgan fingerprint density at radius 1 is 1.42 bits per heavy atom. The van der Waals surface area contributed by atoms with Crippen LogP contribution in [0.15, 0.2) is 0 Å². The van der Waals surface area contributed by atoms with Crippen LogP contribution < -0.4 is 5.32 Å². The zero-order valence-corrected chi connectivity index (χ0v) is 11.9. The molecular weight excluding hydrogens is 244 g/mol. The van der Waals surface area contributed by atoms with Gasteiger partial charge in [-0.15, -0.1) is 0 Å². The molecule has 5 heteroatoms. The first-order chi connectivity index (χ1) is 8.86. The summed E-state index contributed by atoms with van der Waals surface area (Å²) >= 11 is 0. The van der Waals surface area contributed by atoms with E-state index in [0.717, 1.165) is 32.2 Å². The second-order valence-electron chi connectivity index (χ2n) is 6.55. The molecule has 2 aliphatic rings. The third-order valence-electron chi connectivity index (χ3n) is 4.05. The maximum absolute atomic E-state index is 12.0. The fraction of sp³-hybridized carbons (Fsp3) is 0.929. The van der Waals surface area contributed by atoms with Crippen molar-refractivity contribution in [3.8, 4) is 0 Å². The van der Waals surface area contributed by atoms with Gasteiger partial charge in [0.05, 0.1) is 17.6 Å². The lowest BCUT2D eigenvalue weighted by molar-refractivity contribution is -0.127. The van der Waals surface area contributed by atoms with Crippen molar-refractivity contribution in [2.24, 2.45) is 5.92 Å². The molecule has 3 N–H and O–H groups in total. The van der Waals surface area contributed by atoms with Gasteiger partial charge >= 0.3 is 0 Å². The number of rotatable bonds is 5. The van der Waals surface area contributed by atoms with Crippen LogP contribution in [0.5, 0.6) is 0 Å². The van der Waals surface area contributed by atoms with Gasteiger partial charge in [0.25, 0.3) is 0 Å². The summed E-state index contributed by atoms with van der Waals surface area (Å²) in [6, 6.07) is 0.407. The van der Waals surface area contributed by atoms with Gasteiger partial charge in [-0.2, -0.15) is 0 Å². The highest BCUT2D eigenvalue weighted by Gasteiger charge is 2.33. The summed E-state index contributed by atoms with van der Waals surface area (Å²) in [7, 11) is 0. The summed E-state index contributed by atoms with van der Waals surface area (Å²) < 4.78 is 0. The number of hydrogen-bond acceptors (Lipinski definition) is 4. The van der Waals surface area contributed by atoms with Crippen LogP contribution in [-0.4, -0.2) is 58.4 Å². The smallest absolute Gasteiger partial charge is 0.224 e. The molecule has 0 aromatic heterocycles. The quantitative estimate of drug-likeness (QED) is 0.663. The van der Waals surface area contributed by atoms with Crippen molar-refractivity contribution in [2.75, 3.05) is 19.6 Å². The molecule has 0 spiro atoms. The van der Waals surface area contributed by atoms with E-state index in [1.165, 1.54) is 0 Å². The van der Waals surface area contributed by atoms with Gasteiger partial charge in [-0.05, 0) is 46.1 Å². The van der Waals surface area contributed by atoms with Crippen molar-refractivity contribution in [3.05, 3.63) is 0 Å². The van der Waals surface area contributed by atoms with E-state index in [0.29, 0.717) is 19.1 Å². The van der Waals surface area contributed by atoms with E-state index in [4.69, 9.17) is 0 Å². The maximum Gasteiger partial charge on any atom is 0.224 e. The van der Waals surface area contributed by atoms with Crippen LogP contribution in [-0.2, 0) is 4.79 Å². The minimum absolute atomic E-state index is 0.0309. The minimum atomic E-state index is -1.09. The van der Waals surface area contributed by atoms with E-state index < -0.39 is 11.7 Å². The van der Waals surface area contributed by atoms with Crippen molar-refractivity contribution in [1.82, 2.24) is 10.2 Å². The predicted octanol–water partition coefficient (Wildman–Crippen LogP) is 0.109. The second kappa shape index (κ2) is 5.77. The molecule has 2 rings (SSSR count). The molecule has 2 atom stereocenters. The van der Waals surface area contributed by atoms with Crippen molar-refractivity contribution >= 4 is 5.91 Å². The lowest BCUT2D eigenvalue weighted by atomic mass is 9.95. The highest BCUT2D eigenvalue weighted by atomic mass is 16.3. The van der Waals surface area contributed by atoms with E-state index in [1.807, 2.05) is 0 Å². The molecule has 19 heavy (non-hydrogen) atoms. The summed E-state index contributed by atoms with van der Waals surface area (Å²) in [4.78, 5) is 14.1. The maximum atomic E-state index is 12.0. The van der Waals surface area contributed by atoms with E-state index in [9.17, 15) is 15.0 Å². The summed E-state index contributed by atoms with van der Waals surface area (Å²) in [5.74, 6) is 0.188. The lowest BCUT2D eigenvalue weighted by Gasteiger charge is -2.35. The molecule has 0 aromatic carbocycles.